The highest BCUT2D eigenvalue weighted by atomic mass is 32.2. The lowest BCUT2D eigenvalue weighted by atomic mass is 10.3. The van der Waals surface area contributed by atoms with E-state index in [0.717, 1.165) is 29.0 Å². The van der Waals surface area contributed by atoms with E-state index in [9.17, 15) is 0 Å². The summed E-state index contributed by atoms with van der Waals surface area (Å²) in [6, 6.07) is 1.98. The molecule has 3 rings (SSSR count). The Hall–Kier alpha value is -1.49. The van der Waals surface area contributed by atoms with Gasteiger partial charge in [-0.2, -0.15) is 4.98 Å². The van der Waals surface area contributed by atoms with Crippen LogP contribution in [-0.4, -0.2) is 27.4 Å². The number of methoxy groups -OCH3 is 1. The molecule has 0 aromatic carbocycles. The maximum atomic E-state index is 5.35. The molecule has 0 amide bonds. The van der Waals surface area contributed by atoms with Crippen molar-refractivity contribution in [2.24, 2.45) is 7.05 Å². The molecule has 0 spiro atoms. The minimum atomic E-state index is 0.611. The molecular formula is C12H13N3OS. The lowest BCUT2D eigenvalue weighted by Gasteiger charge is -2.07. The van der Waals surface area contributed by atoms with Gasteiger partial charge in [0.2, 0.25) is 5.88 Å². The minimum Gasteiger partial charge on any atom is -0.479 e. The summed E-state index contributed by atoms with van der Waals surface area (Å²) in [7, 11) is 3.60. The molecule has 3 heterocycles. The van der Waals surface area contributed by atoms with Crippen LogP contribution in [0.5, 0.6) is 5.88 Å². The number of fused-ring (bicyclic) bond motifs is 1. The third-order valence-corrected chi connectivity index (χ3v) is 3.90. The number of hydrogen-bond acceptors (Lipinski definition) is 4. The van der Waals surface area contributed by atoms with Gasteiger partial charge in [0.25, 0.3) is 0 Å². The van der Waals surface area contributed by atoms with E-state index >= 15 is 0 Å². The van der Waals surface area contributed by atoms with E-state index in [2.05, 4.69) is 16.0 Å². The Morgan fingerprint density at radius 1 is 1.41 bits per heavy atom. The number of ether oxygens (including phenoxy) is 1. The van der Waals surface area contributed by atoms with Crippen molar-refractivity contribution in [2.45, 2.75) is 6.42 Å². The first-order chi connectivity index (χ1) is 8.29. The van der Waals surface area contributed by atoms with E-state index in [0.29, 0.717) is 5.88 Å². The molecule has 4 nitrogen and oxygen atoms in total. The van der Waals surface area contributed by atoms with Crippen LogP contribution in [0.1, 0.15) is 12.1 Å². The van der Waals surface area contributed by atoms with Crippen LogP contribution in [0, 0.1) is 0 Å². The summed E-state index contributed by atoms with van der Waals surface area (Å²) in [5.74, 6) is 1.73. The fraction of sp³-hybridized carbons (Fsp3) is 0.333. The van der Waals surface area contributed by atoms with Gasteiger partial charge in [0, 0.05) is 23.9 Å². The molecule has 5 heteroatoms. The number of aromatic nitrogens is 3. The first kappa shape index (κ1) is 10.7. The van der Waals surface area contributed by atoms with E-state index < -0.39 is 0 Å². The molecule has 0 N–H and O–H groups in total. The van der Waals surface area contributed by atoms with Crippen molar-refractivity contribution < 1.29 is 4.74 Å². The van der Waals surface area contributed by atoms with Gasteiger partial charge < -0.3 is 9.30 Å². The monoisotopic (exact) mass is 247 g/mol. The topological polar surface area (TPSA) is 39.9 Å². The molecule has 88 valence electrons. The Labute approximate surface area is 104 Å². The number of thioether (sulfide) groups is 1. The SMILES string of the molecule is COc1nc2c(ccn2C)nc1C1=CCCS1. The predicted octanol–water partition coefficient (Wildman–Crippen LogP) is 2.45. The molecule has 0 atom stereocenters. The van der Waals surface area contributed by atoms with Gasteiger partial charge in [0.1, 0.15) is 11.2 Å². The van der Waals surface area contributed by atoms with Crippen LogP contribution in [0.25, 0.3) is 16.1 Å². The van der Waals surface area contributed by atoms with Crippen molar-refractivity contribution in [3.63, 3.8) is 0 Å². The van der Waals surface area contributed by atoms with E-state index in [4.69, 9.17) is 4.74 Å². The molecule has 0 aliphatic carbocycles. The zero-order valence-corrected chi connectivity index (χ0v) is 10.6. The van der Waals surface area contributed by atoms with Crippen LogP contribution >= 0.6 is 11.8 Å². The average Bonchev–Trinajstić information content (AvgIpc) is 2.98. The van der Waals surface area contributed by atoms with Crippen molar-refractivity contribution >= 4 is 27.8 Å². The Morgan fingerprint density at radius 2 is 2.29 bits per heavy atom. The third kappa shape index (κ3) is 1.70. The van der Waals surface area contributed by atoms with Gasteiger partial charge >= 0.3 is 0 Å². The average molecular weight is 247 g/mol. The highest BCUT2D eigenvalue weighted by Crippen LogP contribution is 2.37. The van der Waals surface area contributed by atoms with Crippen molar-refractivity contribution in [3.05, 3.63) is 24.0 Å². The summed E-state index contributed by atoms with van der Waals surface area (Å²) in [4.78, 5) is 10.4. The summed E-state index contributed by atoms with van der Waals surface area (Å²) >= 11 is 1.81. The summed E-state index contributed by atoms with van der Waals surface area (Å²) in [5, 5.41) is 0. The Morgan fingerprint density at radius 3 is 3.00 bits per heavy atom. The van der Waals surface area contributed by atoms with Gasteiger partial charge in [-0.3, -0.25) is 0 Å². The maximum absolute atomic E-state index is 5.35. The quantitative estimate of drug-likeness (QED) is 0.817. The first-order valence-electron chi connectivity index (χ1n) is 5.50. The second kappa shape index (κ2) is 4.07. The largest absolute Gasteiger partial charge is 0.479 e. The number of aryl methyl sites for hydroxylation is 1. The number of rotatable bonds is 2. The highest BCUT2D eigenvalue weighted by molar-refractivity contribution is 8.08. The van der Waals surface area contributed by atoms with Gasteiger partial charge in [0.05, 0.1) is 7.11 Å². The summed E-state index contributed by atoms with van der Waals surface area (Å²) in [6.07, 6.45) is 5.26. The Bertz CT molecular complexity index is 603. The van der Waals surface area contributed by atoms with Gasteiger partial charge in [-0.25, -0.2) is 4.98 Å². The molecule has 1 aliphatic heterocycles. The summed E-state index contributed by atoms with van der Waals surface area (Å²) in [5.41, 5.74) is 2.64. The maximum Gasteiger partial charge on any atom is 0.242 e. The van der Waals surface area contributed by atoms with Crippen LogP contribution in [0.2, 0.25) is 0 Å². The summed E-state index contributed by atoms with van der Waals surface area (Å²) < 4.78 is 7.30. The Balaban J connectivity index is 2.22. The van der Waals surface area contributed by atoms with Gasteiger partial charge in [-0.1, -0.05) is 6.08 Å². The zero-order valence-electron chi connectivity index (χ0n) is 9.80. The smallest absolute Gasteiger partial charge is 0.242 e. The first-order valence-corrected chi connectivity index (χ1v) is 6.48. The van der Waals surface area contributed by atoms with E-state index in [1.54, 1.807) is 7.11 Å². The van der Waals surface area contributed by atoms with Crippen molar-refractivity contribution in [1.29, 1.82) is 0 Å². The fourth-order valence-corrected chi connectivity index (χ4v) is 2.90. The zero-order chi connectivity index (χ0) is 11.8. The second-order valence-corrected chi connectivity index (χ2v) is 5.06. The van der Waals surface area contributed by atoms with Crippen molar-refractivity contribution in [3.8, 4) is 5.88 Å². The summed E-state index contributed by atoms with van der Waals surface area (Å²) in [6.45, 7) is 0. The number of allylic oxidation sites excluding steroid dienone is 1. The number of hydrogen-bond donors (Lipinski definition) is 0. The standard InChI is InChI=1S/C12H13N3OS/c1-15-6-5-8-11(15)14-12(16-2)10(13-8)9-4-3-7-17-9/h4-6H,3,7H2,1-2H3. The molecule has 2 aromatic rings. The third-order valence-electron chi connectivity index (χ3n) is 2.79. The van der Waals surface area contributed by atoms with Gasteiger partial charge in [0.15, 0.2) is 5.65 Å². The molecule has 2 aromatic heterocycles. The van der Waals surface area contributed by atoms with Gasteiger partial charge in [-0.05, 0) is 12.5 Å². The van der Waals surface area contributed by atoms with Crippen molar-refractivity contribution in [2.75, 3.05) is 12.9 Å². The molecule has 0 saturated carbocycles. The van der Waals surface area contributed by atoms with Crippen LogP contribution in [0.15, 0.2) is 18.3 Å². The van der Waals surface area contributed by atoms with E-state index in [-0.39, 0.29) is 0 Å². The van der Waals surface area contributed by atoms with E-state index in [1.165, 1.54) is 4.91 Å². The second-order valence-electron chi connectivity index (χ2n) is 3.92. The predicted molar refractivity (Wildman–Crippen MR) is 70.1 cm³/mol. The van der Waals surface area contributed by atoms with Crippen LogP contribution in [0.3, 0.4) is 0 Å². The lowest BCUT2D eigenvalue weighted by molar-refractivity contribution is 0.396. The molecule has 0 fully saturated rings. The normalized spacial score (nSPS) is 15.3. The molecule has 17 heavy (non-hydrogen) atoms. The fourth-order valence-electron chi connectivity index (χ4n) is 1.93. The Kier molecular flexibility index (Phi) is 2.55. The molecule has 0 unspecified atom stereocenters. The van der Waals surface area contributed by atoms with Gasteiger partial charge in [-0.15, -0.1) is 11.8 Å². The number of nitrogens with zero attached hydrogens (tertiary/aromatic N) is 3. The minimum absolute atomic E-state index is 0.611. The molecule has 0 bridgehead atoms. The molecular weight excluding hydrogens is 234 g/mol. The van der Waals surface area contributed by atoms with E-state index in [1.807, 2.05) is 35.6 Å². The van der Waals surface area contributed by atoms with Crippen LogP contribution in [0.4, 0.5) is 0 Å². The van der Waals surface area contributed by atoms with Crippen molar-refractivity contribution in [1.82, 2.24) is 14.5 Å². The van der Waals surface area contributed by atoms with Crippen LogP contribution < -0.4 is 4.74 Å². The molecule has 1 aliphatic rings. The van der Waals surface area contributed by atoms with Crippen LogP contribution in [-0.2, 0) is 7.05 Å². The highest BCUT2D eigenvalue weighted by Gasteiger charge is 2.17. The lowest BCUT2D eigenvalue weighted by Crippen LogP contribution is -1.99. The molecule has 0 radical (unpaired) electrons. The molecule has 0 saturated heterocycles.